The Kier molecular flexibility index (Phi) is 2.38. The second kappa shape index (κ2) is 3.75. The average molecular weight is 279 g/mol. The van der Waals surface area contributed by atoms with Crippen molar-refractivity contribution in [3.05, 3.63) is 45.5 Å². The van der Waals surface area contributed by atoms with Crippen LogP contribution in [-0.4, -0.2) is 17.9 Å². The highest BCUT2D eigenvalue weighted by molar-refractivity contribution is 7.86. The fourth-order valence-corrected chi connectivity index (χ4v) is 3.54. The summed E-state index contributed by atoms with van der Waals surface area (Å²) in [5, 5.41) is 12.0. The van der Waals surface area contributed by atoms with Gasteiger partial charge < -0.3 is 0 Å². The third-order valence-corrected chi connectivity index (χ3v) is 4.32. The number of hydrogen-bond donors (Lipinski definition) is 1. The molecule has 0 aromatic heterocycles. The predicted molar refractivity (Wildman–Crippen MR) is 67.8 cm³/mol. The van der Waals surface area contributed by atoms with Gasteiger partial charge in [-0.05, 0) is 29.4 Å². The molecule has 19 heavy (non-hydrogen) atoms. The highest BCUT2D eigenvalue weighted by Crippen LogP contribution is 2.39. The molecule has 2 aromatic carbocycles. The van der Waals surface area contributed by atoms with Crippen molar-refractivity contribution in [1.82, 2.24) is 0 Å². The normalized spacial score (nSPS) is 13.9. The number of nitro benzene ring substituents is 1. The average Bonchev–Trinajstić information content (AvgIpc) is 2.72. The van der Waals surface area contributed by atoms with Crippen molar-refractivity contribution in [2.75, 3.05) is 0 Å². The SMILES string of the molecule is O=[N+]([O-])c1cc2c3c(cccc3c1S(=O)(=O)O)CC2. The van der Waals surface area contributed by atoms with E-state index in [4.69, 9.17) is 0 Å². The van der Waals surface area contributed by atoms with Crippen molar-refractivity contribution in [2.45, 2.75) is 17.7 Å². The van der Waals surface area contributed by atoms with Crippen molar-refractivity contribution in [1.29, 1.82) is 0 Å². The van der Waals surface area contributed by atoms with E-state index in [1.54, 1.807) is 6.07 Å². The van der Waals surface area contributed by atoms with Crippen molar-refractivity contribution in [2.24, 2.45) is 0 Å². The first-order valence-electron chi connectivity index (χ1n) is 5.59. The van der Waals surface area contributed by atoms with E-state index in [1.165, 1.54) is 12.1 Å². The summed E-state index contributed by atoms with van der Waals surface area (Å²) in [5.41, 5.74) is 1.14. The maximum atomic E-state index is 11.5. The Labute approximate surface area is 108 Å². The smallest absolute Gasteiger partial charge is 0.282 e. The van der Waals surface area contributed by atoms with Gasteiger partial charge in [-0.3, -0.25) is 14.7 Å². The molecule has 7 heteroatoms. The van der Waals surface area contributed by atoms with Gasteiger partial charge in [0, 0.05) is 11.5 Å². The lowest BCUT2D eigenvalue weighted by molar-refractivity contribution is -0.387. The number of aryl methyl sites for hydroxylation is 2. The first-order valence-corrected chi connectivity index (χ1v) is 7.03. The molecule has 0 fully saturated rings. The van der Waals surface area contributed by atoms with Gasteiger partial charge in [-0.2, -0.15) is 8.42 Å². The van der Waals surface area contributed by atoms with Gasteiger partial charge in [0.2, 0.25) is 0 Å². The van der Waals surface area contributed by atoms with Crippen LogP contribution in [0.2, 0.25) is 0 Å². The van der Waals surface area contributed by atoms with Crippen LogP contribution in [0, 0.1) is 10.1 Å². The van der Waals surface area contributed by atoms with E-state index >= 15 is 0 Å². The standard InChI is InChI=1S/C12H9NO5S/c14-13(15)10-6-8-5-4-7-2-1-3-9(11(7)8)12(10)19(16,17)18/h1-3,6H,4-5H2,(H,16,17,18). The van der Waals surface area contributed by atoms with E-state index < -0.39 is 25.6 Å². The maximum Gasteiger partial charge on any atom is 0.302 e. The molecule has 98 valence electrons. The second-order valence-corrected chi connectivity index (χ2v) is 5.81. The summed E-state index contributed by atoms with van der Waals surface area (Å²) in [5.74, 6) is 0. The number of nitro groups is 1. The summed E-state index contributed by atoms with van der Waals surface area (Å²) in [6.07, 6.45) is 1.36. The van der Waals surface area contributed by atoms with Crippen LogP contribution >= 0.6 is 0 Å². The summed E-state index contributed by atoms with van der Waals surface area (Å²) < 4.78 is 32.2. The molecule has 0 radical (unpaired) electrons. The molecule has 0 aliphatic heterocycles. The molecule has 1 aliphatic carbocycles. The molecule has 0 saturated carbocycles. The Morgan fingerprint density at radius 3 is 2.53 bits per heavy atom. The molecule has 1 aliphatic rings. The number of hydrogen-bond acceptors (Lipinski definition) is 4. The first-order chi connectivity index (χ1) is 8.89. The Balaban J connectivity index is 2.58. The third kappa shape index (κ3) is 1.70. The minimum Gasteiger partial charge on any atom is -0.282 e. The molecule has 0 unspecified atom stereocenters. The van der Waals surface area contributed by atoms with Gasteiger partial charge in [0.15, 0.2) is 4.90 Å². The van der Waals surface area contributed by atoms with E-state index in [2.05, 4.69) is 0 Å². The highest BCUT2D eigenvalue weighted by atomic mass is 32.2. The minimum absolute atomic E-state index is 0.224. The van der Waals surface area contributed by atoms with Gasteiger partial charge >= 0.3 is 10.1 Å². The molecule has 3 rings (SSSR count). The van der Waals surface area contributed by atoms with E-state index in [0.29, 0.717) is 11.8 Å². The quantitative estimate of drug-likeness (QED) is 0.515. The lowest BCUT2D eigenvalue weighted by Gasteiger charge is -2.07. The van der Waals surface area contributed by atoms with E-state index in [-0.39, 0.29) is 5.39 Å². The number of nitrogens with zero attached hydrogens (tertiary/aromatic N) is 1. The zero-order chi connectivity index (χ0) is 13.8. The Bertz CT molecular complexity index is 826. The molecule has 0 amide bonds. The van der Waals surface area contributed by atoms with E-state index in [0.717, 1.165) is 17.5 Å². The van der Waals surface area contributed by atoms with Crippen LogP contribution in [0.5, 0.6) is 0 Å². The lowest BCUT2D eigenvalue weighted by atomic mass is 10.0. The molecule has 1 N–H and O–H groups in total. The molecule has 0 spiro atoms. The Morgan fingerprint density at radius 2 is 1.89 bits per heavy atom. The second-order valence-electron chi connectivity index (χ2n) is 4.46. The van der Waals surface area contributed by atoms with Gasteiger partial charge in [-0.1, -0.05) is 18.2 Å². The highest BCUT2D eigenvalue weighted by Gasteiger charge is 2.30. The fourth-order valence-electron chi connectivity index (χ4n) is 2.69. The molecule has 0 atom stereocenters. The van der Waals surface area contributed by atoms with Crippen LogP contribution in [0.25, 0.3) is 10.8 Å². The molecular formula is C12H9NO5S. The predicted octanol–water partition coefficient (Wildman–Crippen LogP) is 2.09. The van der Waals surface area contributed by atoms with Crippen molar-refractivity contribution >= 4 is 26.6 Å². The summed E-state index contributed by atoms with van der Waals surface area (Å²) in [4.78, 5) is 9.64. The summed E-state index contributed by atoms with van der Waals surface area (Å²) in [6, 6.07) is 6.25. The van der Waals surface area contributed by atoms with Crippen LogP contribution in [-0.2, 0) is 23.0 Å². The monoisotopic (exact) mass is 279 g/mol. The largest absolute Gasteiger partial charge is 0.302 e. The fraction of sp³-hybridized carbons (Fsp3) is 0.167. The van der Waals surface area contributed by atoms with Crippen LogP contribution in [0.3, 0.4) is 0 Å². The van der Waals surface area contributed by atoms with Crippen LogP contribution < -0.4 is 0 Å². The molecule has 0 bridgehead atoms. The van der Waals surface area contributed by atoms with Crippen molar-refractivity contribution < 1.29 is 17.9 Å². The summed E-state index contributed by atoms with van der Waals surface area (Å²) in [7, 11) is -4.65. The van der Waals surface area contributed by atoms with Gasteiger partial charge in [-0.25, -0.2) is 0 Å². The lowest BCUT2D eigenvalue weighted by Crippen LogP contribution is -2.05. The zero-order valence-corrected chi connectivity index (χ0v) is 10.5. The van der Waals surface area contributed by atoms with E-state index in [1.807, 2.05) is 6.07 Å². The van der Waals surface area contributed by atoms with Crippen LogP contribution in [0.1, 0.15) is 11.1 Å². The van der Waals surface area contributed by atoms with Gasteiger partial charge in [0.1, 0.15) is 0 Å². The van der Waals surface area contributed by atoms with Crippen molar-refractivity contribution in [3.8, 4) is 0 Å². The van der Waals surface area contributed by atoms with Gasteiger partial charge in [-0.15, -0.1) is 0 Å². The molecule has 2 aromatic rings. The van der Waals surface area contributed by atoms with E-state index in [9.17, 15) is 23.1 Å². The number of benzene rings is 2. The number of rotatable bonds is 2. The van der Waals surface area contributed by atoms with Crippen LogP contribution in [0.15, 0.2) is 29.2 Å². The molecule has 0 saturated heterocycles. The van der Waals surface area contributed by atoms with Gasteiger partial charge in [0.25, 0.3) is 5.69 Å². The van der Waals surface area contributed by atoms with Gasteiger partial charge in [0.05, 0.1) is 4.92 Å². The molecular weight excluding hydrogens is 270 g/mol. The zero-order valence-electron chi connectivity index (χ0n) is 9.66. The summed E-state index contributed by atoms with van der Waals surface area (Å²) in [6.45, 7) is 0. The maximum absolute atomic E-state index is 11.5. The van der Waals surface area contributed by atoms with Crippen molar-refractivity contribution in [3.63, 3.8) is 0 Å². The third-order valence-electron chi connectivity index (χ3n) is 3.38. The minimum atomic E-state index is -4.65. The topological polar surface area (TPSA) is 97.5 Å². The Morgan fingerprint density at radius 1 is 1.21 bits per heavy atom. The summed E-state index contributed by atoms with van der Waals surface area (Å²) >= 11 is 0. The molecule has 0 heterocycles. The first kappa shape index (κ1) is 12.1. The van der Waals surface area contributed by atoms with Crippen LogP contribution in [0.4, 0.5) is 5.69 Å². The molecule has 6 nitrogen and oxygen atoms in total. The Hall–Kier alpha value is -1.99.